The Labute approximate surface area is 111 Å². The lowest BCUT2D eigenvalue weighted by Crippen LogP contribution is -2.15. The van der Waals surface area contributed by atoms with E-state index < -0.39 is 0 Å². The Balaban J connectivity index is 1.80. The quantitative estimate of drug-likeness (QED) is 0.751. The molecule has 3 heterocycles. The number of aromatic amines is 1. The van der Waals surface area contributed by atoms with Gasteiger partial charge in [0.15, 0.2) is 5.65 Å². The Morgan fingerprint density at radius 1 is 1.42 bits per heavy atom. The molecule has 2 aromatic rings. The monoisotopic (exact) mass is 262 g/mol. The summed E-state index contributed by atoms with van der Waals surface area (Å²) in [5, 5.41) is 14.3. The fourth-order valence-corrected chi connectivity index (χ4v) is 2.19. The van der Waals surface area contributed by atoms with E-state index in [-0.39, 0.29) is 0 Å². The van der Waals surface area contributed by atoms with Crippen molar-refractivity contribution in [3.05, 3.63) is 6.20 Å². The molecule has 7 heteroatoms. The zero-order valence-electron chi connectivity index (χ0n) is 10.9. The highest BCUT2D eigenvalue weighted by atomic mass is 16.5. The zero-order valence-corrected chi connectivity index (χ0v) is 10.9. The molecule has 3 rings (SSSR count). The summed E-state index contributed by atoms with van der Waals surface area (Å²) in [5.74, 6) is 1.99. The van der Waals surface area contributed by atoms with E-state index in [1.165, 1.54) is 0 Å². The largest absolute Gasteiger partial charge is 0.381 e. The lowest BCUT2D eigenvalue weighted by molar-refractivity contribution is 0.187. The van der Waals surface area contributed by atoms with Crippen molar-refractivity contribution in [1.82, 2.24) is 20.2 Å². The minimum absolute atomic E-state index is 0.555. The Kier molecular flexibility index (Phi) is 3.45. The van der Waals surface area contributed by atoms with Crippen LogP contribution in [0.25, 0.3) is 11.0 Å². The molecule has 102 valence electrons. The Bertz CT molecular complexity index is 548. The predicted octanol–water partition coefficient (Wildman–Crippen LogP) is 1.23. The molecule has 1 fully saturated rings. The van der Waals surface area contributed by atoms with E-state index in [0.717, 1.165) is 49.6 Å². The summed E-state index contributed by atoms with van der Waals surface area (Å²) in [6.07, 6.45) is 2.85. The minimum atomic E-state index is 0.555. The van der Waals surface area contributed by atoms with E-state index in [1.807, 2.05) is 6.92 Å². The van der Waals surface area contributed by atoms with Gasteiger partial charge in [-0.1, -0.05) is 0 Å². The lowest BCUT2D eigenvalue weighted by Gasteiger charge is -2.11. The zero-order chi connectivity index (χ0) is 13.1. The molecule has 1 aliphatic heterocycles. The second-order valence-corrected chi connectivity index (χ2v) is 4.67. The number of nitrogens with zero attached hydrogens (tertiary/aromatic N) is 3. The first-order valence-electron chi connectivity index (χ1n) is 6.63. The molecule has 1 saturated heterocycles. The maximum Gasteiger partial charge on any atom is 0.226 e. The van der Waals surface area contributed by atoms with E-state index in [0.29, 0.717) is 11.9 Å². The third-order valence-electron chi connectivity index (χ3n) is 3.23. The van der Waals surface area contributed by atoms with Crippen molar-refractivity contribution in [1.29, 1.82) is 0 Å². The maximum atomic E-state index is 5.38. The molecule has 0 spiro atoms. The van der Waals surface area contributed by atoms with Crippen LogP contribution in [0.2, 0.25) is 0 Å². The summed E-state index contributed by atoms with van der Waals surface area (Å²) in [4.78, 5) is 8.85. The summed E-state index contributed by atoms with van der Waals surface area (Å²) in [5.41, 5.74) is 0.746. The number of H-pyrrole nitrogens is 1. The van der Waals surface area contributed by atoms with Gasteiger partial charge in [0, 0.05) is 25.6 Å². The van der Waals surface area contributed by atoms with Crippen molar-refractivity contribution in [2.45, 2.75) is 13.3 Å². The van der Waals surface area contributed by atoms with Crippen LogP contribution < -0.4 is 10.6 Å². The van der Waals surface area contributed by atoms with Crippen molar-refractivity contribution < 1.29 is 4.74 Å². The third-order valence-corrected chi connectivity index (χ3v) is 3.23. The van der Waals surface area contributed by atoms with Gasteiger partial charge in [-0.15, -0.1) is 0 Å². The fraction of sp³-hybridized carbons (Fsp3) is 0.583. The molecule has 1 unspecified atom stereocenters. The first-order chi connectivity index (χ1) is 9.36. The second kappa shape index (κ2) is 5.40. The Morgan fingerprint density at radius 2 is 2.37 bits per heavy atom. The molecule has 0 radical (unpaired) electrons. The summed E-state index contributed by atoms with van der Waals surface area (Å²) in [6.45, 7) is 5.36. The summed E-state index contributed by atoms with van der Waals surface area (Å²) in [7, 11) is 0. The number of hydrogen-bond acceptors (Lipinski definition) is 6. The van der Waals surface area contributed by atoms with Crippen molar-refractivity contribution in [2.75, 3.05) is 36.9 Å². The molecule has 0 bridgehead atoms. The van der Waals surface area contributed by atoms with Crippen LogP contribution in [0.5, 0.6) is 0 Å². The fourth-order valence-electron chi connectivity index (χ4n) is 2.19. The molecule has 7 nitrogen and oxygen atoms in total. The van der Waals surface area contributed by atoms with E-state index in [9.17, 15) is 0 Å². The second-order valence-electron chi connectivity index (χ2n) is 4.67. The summed E-state index contributed by atoms with van der Waals surface area (Å²) in [6, 6.07) is 0. The van der Waals surface area contributed by atoms with Crippen LogP contribution in [-0.4, -0.2) is 46.5 Å². The van der Waals surface area contributed by atoms with Crippen LogP contribution in [0.1, 0.15) is 13.3 Å². The van der Waals surface area contributed by atoms with E-state index >= 15 is 0 Å². The molecule has 0 aromatic carbocycles. The van der Waals surface area contributed by atoms with Gasteiger partial charge in [-0.3, -0.25) is 5.10 Å². The smallest absolute Gasteiger partial charge is 0.226 e. The van der Waals surface area contributed by atoms with Crippen LogP contribution in [0.3, 0.4) is 0 Å². The molecule has 2 aromatic heterocycles. The maximum absolute atomic E-state index is 5.38. The van der Waals surface area contributed by atoms with E-state index in [1.54, 1.807) is 6.20 Å². The number of anilines is 2. The van der Waals surface area contributed by atoms with Gasteiger partial charge in [0.1, 0.15) is 5.82 Å². The van der Waals surface area contributed by atoms with Crippen LogP contribution in [0.15, 0.2) is 6.20 Å². The van der Waals surface area contributed by atoms with Crippen LogP contribution >= 0.6 is 0 Å². The van der Waals surface area contributed by atoms with Gasteiger partial charge in [0.05, 0.1) is 18.2 Å². The molecular formula is C12H18N6O. The SMILES string of the molecule is CCNc1nc(NCC2CCOC2)c2cn[nH]c2n1. The summed E-state index contributed by atoms with van der Waals surface area (Å²) >= 11 is 0. The highest BCUT2D eigenvalue weighted by molar-refractivity contribution is 5.86. The number of fused-ring (bicyclic) bond motifs is 1. The summed E-state index contributed by atoms with van der Waals surface area (Å²) < 4.78 is 5.38. The highest BCUT2D eigenvalue weighted by Gasteiger charge is 2.16. The predicted molar refractivity (Wildman–Crippen MR) is 73.3 cm³/mol. The molecular weight excluding hydrogens is 244 g/mol. The first kappa shape index (κ1) is 12.2. The van der Waals surface area contributed by atoms with Gasteiger partial charge in [0.25, 0.3) is 0 Å². The van der Waals surface area contributed by atoms with Crippen molar-refractivity contribution in [2.24, 2.45) is 5.92 Å². The number of hydrogen-bond donors (Lipinski definition) is 3. The van der Waals surface area contributed by atoms with Gasteiger partial charge in [-0.2, -0.15) is 15.1 Å². The van der Waals surface area contributed by atoms with E-state index in [2.05, 4.69) is 30.8 Å². The minimum Gasteiger partial charge on any atom is -0.381 e. The van der Waals surface area contributed by atoms with Gasteiger partial charge in [-0.05, 0) is 13.3 Å². The van der Waals surface area contributed by atoms with Crippen molar-refractivity contribution >= 4 is 22.8 Å². The van der Waals surface area contributed by atoms with Gasteiger partial charge in [0.2, 0.25) is 5.95 Å². The van der Waals surface area contributed by atoms with Gasteiger partial charge < -0.3 is 15.4 Å². The number of aromatic nitrogens is 4. The number of rotatable bonds is 5. The van der Waals surface area contributed by atoms with Crippen LogP contribution in [0.4, 0.5) is 11.8 Å². The molecule has 0 aliphatic carbocycles. The molecule has 0 saturated carbocycles. The molecule has 1 aliphatic rings. The average Bonchev–Trinajstić information content (AvgIpc) is 3.07. The lowest BCUT2D eigenvalue weighted by atomic mass is 10.1. The Hall–Kier alpha value is -1.89. The Morgan fingerprint density at radius 3 is 3.16 bits per heavy atom. The molecule has 3 N–H and O–H groups in total. The first-order valence-corrected chi connectivity index (χ1v) is 6.63. The van der Waals surface area contributed by atoms with Crippen LogP contribution in [0, 0.1) is 5.92 Å². The molecule has 19 heavy (non-hydrogen) atoms. The van der Waals surface area contributed by atoms with Crippen molar-refractivity contribution in [3.63, 3.8) is 0 Å². The highest BCUT2D eigenvalue weighted by Crippen LogP contribution is 2.21. The normalized spacial score (nSPS) is 18.9. The average molecular weight is 262 g/mol. The van der Waals surface area contributed by atoms with Crippen LogP contribution in [-0.2, 0) is 4.74 Å². The molecule has 1 atom stereocenters. The number of nitrogens with one attached hydrogen (secondary N) is 3. The topological polar surface area (TPSA) is 87.8 Å². The standard InChI is InChI=1S/C12H18N6O/c1-2-13-12-16-10(9-6-15-18-11(9)17-12)14-5-8-3-4-19-7-8/h6,8H,2-5,7H2,1H3,(H3,13,14,15,16,17,18). The van der Waals surface area contributed by atoms with E-state index in [4.69, 9.17) is 4.74 Å². The molecule has 0 amide bonds. The number of ether oxygens (including phenoxy) is 1. The van der Waals surface area contributed by atoms with Crippen molar-refractivity contribution in [3.8, 4) is 0 Å². The van der Waals surface area contributed by atoms with Gasteiger partial charge in [-0.25, -0.2) is 0 Å². The third kappa shape index (κ3) is 2.60. The van der Waals surface area contributed by atoms with Gasteiger partial charge >= 0.3 is 0 Å².